The molecule has 1 atom stereocenters. The molecule has 0 amide bonds. The first-order valence-corrected chi connectivity index (χ1v) is 8.24. The highest BCUT2D eigenvalue weighted by molar-refractivity contribution is 7.89. The molecule has 2 rings (SSSR count). The van der Waals surface area contributed by atoms with E-state index in [9.17, 15) is 8.42 Å². The average molecular weight is 284 g/mol. The van der Waals surface area contributed by atoms with Gasteiger partial charge in [-0.1, -0.05) is 18.8 Å². The molecule has 6 heteroatoms. The van der Waals surface area contributed by atoms with Crippen LogP contribution in [0.15, 0.2) is 11.4 Å². The molecule has 1 aliphatic heterocycles. The van der Waals surface area contributed by atoms with Crippen molar-refractivity contribution in [1.82, 2.24) is 4.31 Å². The summed E-state index contributed by atoms with van der Waals surface area (Å²) in [5.41, 5.74) is 6.22. The number of sulfonamides is 1. The number of thiophene rings is 1. The van der Waals surface area contributed by atoms with Gasteiger partial charge in [-0.15, -0.1) is 11.3 Å². The second-order valence-corrected chi connectivity index (χ2v) is 7.49. The number of hydrogen-bond acceptors (Lipinski definition) is 4. The maximum Gasteiger partial charge on any atom is 0.214 e. The van der Waals surface area contributed by atoms with Crippen LogP contribution in [0.5, 0.6) is 0 Å². The standard InChI is InChI=1S/C12H16N2O2S2/c1-10-6-14(18(15,16)9-10)7-12-5-11(8-17-12)3-2-4-13/h5,8,10H,4,6-7,9,13H2,1H3. The summed E-state index contributed by atoms with van der Waals surface area (Å²) >= 11 is 1.54. The fraction of sp³-hybridized carbons (Fsp3) is 0.500. The summed E-state index contributed by atoms with van der Waals surface area (Å²) in [7, 11) is -3.06. The van der Waals surface area contributed by atoms with Gasteiger partial charge in [-0.2, -0.15) is 4.31 Å². The summed E-state index contributed by atoms with van der Waals surface area (Å²) in [6, 6.07) is 1.94. The van der Waals surface area contributed by atoms with Crippen LogP contribution < -0.4 is 5.73 Å². The van der Waals surface area contributed by atoms with Gasteiger partial charge in [-0.05, 0) is 12.0 Å². The average Bonchev–Trinajstić information content (AvgIpc) is 2.81. The molecule has 4 nitrogen and oxygen atoms in total. The normalized spacial score (nSPS) is 22.7. The Bertz CT molecular complexity index is 581. The Morgan fingerprint density at radius 2 is 2.39 bits per heavy atom. The fourth-order valence-corrected chi connectivity index (χ4v) is 4.76. The van der Waals surface area contributed by atoms with Crippen LogP contribution in [-0.4, -0.2) is 31.6 Å². The molecule has 1 aromatic heterocycles. The Balaban J connectivity index is 2.08. The quantitative estimate of drug-likeness (QED) is 0.819. The van der Waals surface area contributed by atoms with E-state index in [1.807, 2.05) is 18.4 Å². The molecule has 1 aliphatic rings. The predicted octanol–water partition coefficient (Wildman–Crippen LogP) is 0.840. The van der Waals surface area contributed by atoms with Crippen LogP contribution in [-0.2, 0) is 16.6 Å². The van der Waals surface area contributed by atoms with Crippen LogP contribution in [0, 0.1) is 17.8 Å². The topological polar surface area (TPSA) is 63.4 Å². The minimum absolute atomic E-state index is 0.214. The number of hydrogen-bond donors (Lipinski definition) is 1. The van der Waals surface area contributed by atoms with E-state index in [-0.39, 0.29) is 11.7 Å². The van der Waals surface area contributed by atoms with Crippen molar-refractivity contribution in [3.05, 3.63) is 21.9 Å². The molecule has 0 aliphatic carbocycles. The summed E-state index contributed by atoms with van der Waals surface area (Å²) in [5, 5.41) is 1.93. The highest BCUT2D eigenvalue weighted by Gasteiger charge is 2.33. The molecule has 1 aromatic rings. The lowest BCUT2D eigenvalue weighted by molar-refractivity contribution is 0.412. The Kier molecular flexibility index (Phi) is 4.07. The largest absolute Gasteiger partial charge is 0.320 e. The molecule has 1 saturated heterocycles. The fourth-order valence-electron chi connectivity index (χ4n) is 2.00. The van der Waals surface area contributed by atoms with Crippen molar-refractivity contribution < 1.29 is 8.42 Å². The Labute approximate surface area is 112 Å². The first-order chi connectivity index (χ1) is 8.51. The Hall–Kier alpha value is -0.870. The van der Waals surface area contributed by atoms with E-state index in [4.69, 9.17) is 5.73 Å². The van der Waals surface area contributed by atoms with Gasteiger partial charge in [0.15, 0.2) is 0 Å². The first kappa shape index (κ1) is 13.6. The number of rotatable bonds is 2. The predicted molar refractivity (Wildman–Crippen MR) is 73.6 cm³/mol. The van der Waals surface area contributed by atoms with Crippen molar-refractivity contribution in [2.24, 2.45) is 11.7 Å². The molecule has 98 valence electrons. The molecule has 18 heavy (non-hydrogen) atoms. The van der Waals surface area contributed by atoms with Crippen LogP contribution >= 0.6 is 11.3 Å². The van der Waals surface area contributed by atoms with E-state index in [1.54, 1.807) is 4.31 Å². The number of nitrogens with zero attached hydrogens (tertiary/aromatic N) is 1. The number of nitrogens with two attached hydrogens (primary N) is 1. The summed E-state index contributed by atoms with van der Waals surface area (Å²) < 4.78 is 25.2. The molecule has 0 bridgehead atoms. The second kappa shape index (κ2) is 5.41. The minimum Gasteiger partial charge on any atom is -0.320 e. The van der Waals surface area contributed by atoms with Gasteiger partial charge in [-0.3, -0.25) is 0 Å². The molecule has 0 aromatic carbocycles. The van der Waals surface area contributed by atoms with Crippen molar-refractivity contribution in [1.29, 1.82) is 0 Å². The van der Waals surface area contributed by atoms with Crippen molar-refractivity contribution >= 4 is 21.4 Å². The summed E-state index contributed by atoms with van der Waals surface area (Å²) in [5.74, 6) is 6.21. The van der Waals surface area contributed by atoms with Gasteiger partial charge in [0.1, 0.15) is 0 Å². The molecule has 2 heterocycles. The van der Waals surface area contributed by atoms with Crippen molar-refractivity contribution in [2.45, 2.75) is 13.5 Å². The third-order valence-electron chi connectivity index (χ3n) is 2.72. The van der Waals surface area contributed by atoms with Gasteiger partial charge < -0.3 is 5.73 Å². The van der Waals surface area contributed by atoms with Gasteiger partial charge in [0, 0.05) is 28.9 Å². The van der Waals surface area contributed by atoms with Crippen LogP contribution in [0.1, 0.15) is 17.4 Å². The first-order valence-electron chi connectivity index (χ1n) is 5.75. The third-order valence-corrected chi connectivity index (χ3v) is 5.70. The molecule has 0 saturated carbocycles. The molecule has 0 radical (unpaired) electrons. The van der Waals surface area contributed by atoms with Crippen molar-refractivity contribution in [3.8, 4) is 11.8 Å². The third kappa shape index (κ3) is 3.12. The highest BCUT2D eigenvalue weighted by Crippen LogP contribution is 2.24. The van der Waals surface area contributed by atoms with Gasteiger partial charge in [0.05, 0.1) is 12.3 Å². The zero-order valence-electron chi connectivity index (χ0n) is 10.2. The van der Waals surface area contributed by atoms with E-state index in [0.717, 1.165) is 10.4 Å². The van der Waals surface area contributed by atoms with E-state index in [0.29, 0.717) is 19.6 Å². The lowest BCUT2D eigenvalue weighted by Gasteiger charge is -2.12. The zero-order chi connectivity index (χ0) is 13.2. The van der Waals surface area contributed by atoms with E-state index in [1.165, 1.54) is 11.3 Å². The molecule has 0 spiro atoms. The molecule has 1 fully saturated rings. The van der Waals surface area contributed by atoms with E-state index in [2.05, 4.69) is 11.8 Å². The SMILES string of the molecule is CC1CN(Cc2cc(C#CCN)cs2)S(=O)(=O)C1. The van der Waals surface area contributed by atoms with Crippen LogP contribution in [0.3, 0.4) is 0 Å². The minimum atomic E-state index is -3.06. The Morgan fingerprint density at radius 3 is 3.00 bits per heavy atom. The smallest absolute Gasteiger partial charge is 0.214 e. The maximum atomic E-state index is 11.8. The van der Waals surface area contributed by atoms with Crippen LogP contribution in [0.2, 0.25) is 0 Å². The van der Waals surface area contributed by atoms with Gasteiger partial charge in [-0.25, -0.2) is 8.42 Å². The van der Waals surface area contributed by atoms with Crippen LogP contribution in [0.25, 0.3) is 0 Å². The maximum absolute atomic E-state index is 11.8. The van der Waals surface area contributed by atoms with Crippen LogP contribution in [0.4, 0.5) is 0 Å². The monoisotopic (exact) mass is 284 g/mol. The molecule has 2 N–H and O–H groups in total. The van der Waals surface area contributed by atoms with Crippen molar-refractivity contribution in [3.63, 3.8) is 0 Å². The lowest BCUT2D eigenvalue weighted by atomic mass is 10.2. The van der Waals surface area contributed by atoms with Gasteiger partial charge in [0.25, 0.3) is 0 Å². The summed E-state index contributed by atoms with van der Waals surface area (Å²) in [6.07, 6.45) is 0. The zero-order valence-corrected chi connectivity index (χ0v) is 11.9. The molecular weight excluding hydrogens is 268 g/mol. The Morgan fingerprint density at radius 1 is 1.61 bits per heavy atom. The molecular formula is C12H16N2O2S2. The second-order valence-electron chi connectivity index (χ2n) is 4.48. The van der Waals surface area contributed by atoms with E-state index >= 15 is 0 Å². The lowest BCUT2D eigenvalue weighted by Crippen LogP contribution is -2.24. The van der Waals surface area contributed by atoms with Gasteiger partial charge in [0.2, 0.25) is 10.0 Å². The van der Waals surface area contributed by atoms with E-state index < -0.39 is 10.0 Å². The molecule has 1 unspecified atom stereocenters. The summed E-state index contributed by atoms with van der Waals surface area (Å²) in [6.45, 7) is 3.37. The van der Waals surface area contributed by atoms with Crippen molar-refractivity contribution in [2.75, 3.05) is 18.8 Å². The van der Waals surface area contributed by atoms with Gasteiger partial charge >= 0.3 is 0 Å². The summed E-state index contributed by atoms with van der Waals surface area (Å²) in [4.78, 5) is 1.02. The highest BCUT2D eigenvalue weighted by atomic mass is 32.2.